The SMILES string of the molecule is Fc1ccc(F)c([C@H](c2ccc(OC(F)(F)F)cc2)N2CCNCC2)c1F. The molecular formula is C18H16F6N2O. The quantitative estimate of drug-likeness (QED) is 0.631. The van der Waals surface area contributed by atoms with Crippen LogP contribution in [0.1, 0.15) is 17.2 Å². The van der Waals surface area contributed by atoms with E-state index in [1.165, 1.54) is 12.1 Å². The number of ether oxygens (including phenoxy) is 1. The van der Waals surface area contributed by atoms with Gasteiger partial charge in [-0.2, -0.15) is 0 Å². The van der Waals surface area contributed by atoms with Gasteiger partial charge in [0.1, 0.15) is 11.6 Å². The third-order valence-electron chi connectivity index (χ3n) is 4.30. The van der Waals surface area contributed by atoms with E-state index in [0.29, 0.717) is 37.8 Å². The Bertz CT molecular complexity index is 788. The third-order valence-corrected chi connectivity index (χ3v) is 4.30. The van der Waals surface area contributed by atoms with Crippen molar-refractivity contribution in [2.75, 3.05) is 26.2 Å². The zero-order valence-electron chi connectivity index (χ0n) is 14.0. The smallest absolute Gasteiger partial charge is 0.406 e. The molecule has 0 saturated carbocycles. The Balaban J connectivity index is 2.02. The number of piperazine rings is 1. The minimum absolute atomic E-state index is 0.329. The van der Waals surface area contributed by atoms with E-state index in [1.807, 2.05) is 0 Å². The summed E-state index contributed by atoms with van der Waals surface area (Å²) in [5.41, 5.74) is -0.142. The summed E-state index contributed by atoms with van der Waals surface area (Å²) in [5.74, 6) is -3.88. The van der Waals surface area contributed by atoms with Gasteiger partial charge in [-0.05, 0) is 29.8 Å². The fraction of sp³-hybridized carbons (Fsp3) is 0.333. The van der Waals surface area contributed by atoms with Gasteiger partial charge in [-0.25, -0.2) is 13.2 Å². The van der Waals surface area contributed by atoms with E-state index in [0.717, 1.165) is 18.2 Å². The van der Waals surface area contributed by atoms with E-state index >= 15 is 0 Å². The molecule has 0 spiro atoms. The van der Waals surface area contributed by atoms with E-state index in [4.69, 9.17) is 0 Å². The summed E-state index contributed by atoms with van der Waals surface area (Å²) in [7, 11) is 0. The molecule has 3 nitrogen and oxygen atoms in total. The first-order valence-electron chi connectivity index (χ1n) is 8.20. The lowest BCUT2D eigenvalue weighted by Gasteiger charge is -2.35. The average molecular weight is 390 g/mol. The Labute approximate surface area is 151 Å². The van der Waals surface area contributed by atoms with E-state index in [9.17, 15) is 26.3 Å². The zero-order valence-corrected chi connectivity index (χ0v) is 14.0. The van der Waals surface area contributed by atoms with Crippen molar-refractivity contribution in [3.05, 3.63) is 65.0 Å². The van der Waals surface area contributed by atoms with Gasteiger partial charge in [0.2, 0.25) is 0 Å². The lowest BCUT2D eigenvalue weighted by Crippen LogP contribution is -2.45. The molecule has 1 N–H and O–H groups in total. The number of hydrogen-bond acceptors (Lipinski definition) is 3. The summed E-state index contributed by atoms with van der Waals surface area (Å²) in [6, 6.07) is 5.26. The summed E-state index contributed by atoms with van der Waals surface area (Å²) in [6.07, 6.45) is -4.85. The molecule has 2 aromatic rings. The minimum Gasteiger partial charge on any atom is -0.406 e. The van der Waals surface area contributed by atoms with Crippen molar-refractivity contribution < 1.29 is 31.1 Å². The fourth-order valence-corrected chi connectivity index (χ4v) is 3.15. The number of hydrogen-bond donors (Lipinski definition) is 1. The van der Waals surface area contributed by atoms with Gasteiger partial charge < -0.3 is 10.1 Å². The Morgan fingerprint density at radius 3 is 2.07 bits per heavy atom. The topological polar surface area (TPSA) is 24.5 Å². The molecule has 27 heavy (non-hydrogen) atoms. The number of nitrogens with one attached hydrogen (secondary N) is 1. The van der Waals surface area contributed by atoms with Crippen molar-refractivity contribution >= 4 is 0 Å². The Hall–Kier alpha value is -2.26. The van der Waals surface area contributed by atoms with Crippen molar-refractivity contribution in [2.24, 2.45) is 0 Å². The summed E-state index contributed by atoms with van der Waals surface area (Å²) in [5, 5.41) is 3.10. The molecule has 1 atom stereocenters. The van der Waals surface area contributed by atoms with Crippen LogP contribution in [0.3, 0.4) is 0 Å². The molecule has 9 heteroatoms. The Morgan fingerprint density at radius 2 is 1.48 bits per heavy atom. The molecule has 0 aromatic heterocycles. The summed E-state index contributed by atoms with van der Waals surface area (Å²) in [6.45, 7) is 1.98. The van der Waals surface area contributed by atoms with Gasteiger partial charge in [-0.15, -0.1) is 13.2 Å². The predicted molar refractivity (Wildman–Crippen MR) is 85.7 cm³/mol. The number of halogens is 6. The van der Waals surface area contributed by atoms with Gasteiger partial charge in [0.15, 0.2) is 11.6 Å². The molecule has 0 aliphatic carbocycles. The summed E-state index contributed by atoms with van der Waals surface area (Å²) >= 11 is 0. The molecule has 0 radical (unpaired) electrons. The van der Waals surface area contributed by atoms with Gasteiger partial charge in [0, 0.05) is 31.7 Å². The molecule has 1 saturated heterocycles. The summed E-state index contributed by atoms with van der Waals surface area (Å²) < 4.78 is 83.4. The van der Waals surface area contributed by atoms with E-state index in [2.05, 4.69) is 10.1 Å². The largest absolute Gasteiger partial charge is 0.573 e. The normalized spacial score (nSPS) is 17.0. The van der Waals surface area contributed by atoms with Gasteiger partial charge in [0.25, 0.3) is 0 Å². The highest BCUT2D eigenvalue weighted by molar-refractivity contribution is 5.37. The molecule has 1 aliphatic rings. The van der Waals surface area contributed by atoms with Crippen LogP contribution >= 0.6 is 0 Å². The molecule has 3 rings (SSSR count). The standard InChI is InChI=1S/C18H16F6N2O/c19-13-5-6-14(20)16(21)15(13)17(26-9-7-25-8-10-26)11-1-3-12(4-2-11)27-18(22,23)24/h1-6,17,25H,7-10H2/t17-/m0/s1. The number of benzene rings is 2. The number of nitrogens with zero attached hydrogens (tertiary/aromatic N) is 1. The van der Waals surface area contributed by atoms with Crippen molar-refractivity contribution in [1.82, 2.24) is 10.2 Å². The Kier molecular flexibility index (Phi) is 5.61. The maximum Gasteiger partial charge on any atom is 0.573 e. The molecule has 1 aliphatic heterocycles. The maximum atomic E-state index is 14.4. The first kappa shape index (κ1) is 19.5. The second-order valence-corrected chi connectivity index (χ2v) is 6.06. The van der Waals surface area contributed by atoms with Crippen LogP contribution in [-0.4, -0.2) is 37.4 Å². The van der Waals surface area contributed by atoms with Crippen molar-refractivity contribution in [1.29, 1.82) is 0 Å². The van der Waals surface area contributed by atoms with Crippen LogP contribution in [-0.2, 0) is 0 Å². The first-order valence-corrected chi connectivity index (χ1v) is 8.20. The molecular weight excluding hydrogens is 374 g/mol. The third kappa shape index (κ3) is 4.54. The molecule has 2 aromatic carbocycles. The summed E-state index contributed by atoms with van der Waals surface area (Å²) in [4.78, 5) is 1.75. The maximum absolute atomic E-state index is 14.4. The van der Waals surface area contributed by atoms with E-state index in [1.54, 1.807) is 4.90 Å². The molecule has 0 bridgehead atoms. The highest BCUT2D eigenvalue weighted by atomic mass is 19.4. The molecule has 1 heterocycles. The van der Waals surface area contributed by atoms with Gasteiger partial charge in [-0.1, -0.05) is 12.1 Å². The number of rotatable bonds is 4. The predicted octanol–water partition coefficient (Wildman–Crippen LogP) is 4.00. The zero-order chi connectivity index (χ0) is 19.6. The van der Waals surface area contributed by atoms with Crippen LogP contribution in [0.2, 0.25) is 0 Å². The van der Waals surface area contributed by atoms with Gasteiger partial charge >= 0.3 is 6.36 Å². The van der Waals surface area contributed by atoms with Crippen molar-refractivity contribution in [3.63, 3.8) is 0 Å². The van der Waals surface area contributed by atoms with Gasteiger partial charge in [0.05, 0.1) is 6.04 Å². The van der Waals surface area contributed by atoms with Crippen LogP contribution in [0.15, 0.2) is 36.4 Å². The van der Waals surface area contributed by atoms with E-state index in [-0.39, 0.29) is 0 Å². The monoisotopic (exact) mass is 390 g/mol. The average Bonchev–Trinajstić information content (AvgIpc) is 2.62. The van der Waals surface area contributed by atoms with Crippen LogP contribution in [0, 0.1) is 17.5 Å². The first-order chi connectivity index (χ1) is 12.8. The Morgan fingerprint density at radius 1 is 0.889 bits per heavy atom. The molecule has 0 amide bonds. The van der Waals surface area contributed by atoms with Crippen molar-refractivity contribution in [2.45, 2.75) is 12.4 Å². The van der Waals surface area contributed by atoms with Crippen LogP contribution in [0.4, 0.5) is 26.3 Å². The van der Waals surface area contributed by atoms with Crippen LogP contribution < -0.4 is 10.1 Å². The second kappa shape index (κ2) is 7.77. The lowest BCUT2D eigenvalue weighted by atomic mass is 9.95. The number of alkyl halides is 3. The van der Waals surface area contributed by atoms with E-state index < -0.39 is 41.2 Å². The highest BCUT2D eigenvalue weighted by Gasteiger charge is 2.32. The second-order valence-electron chi connectivity index (χ2n) is 6.06. The molecule has 1 fully saturated rings. The lowest BCUT2D eigenvalue weighted by molar-refractivity contribution is -0.274. The molecule has 0 unspecified atom stereocenters. The van der Waals surface area contributed by atoms with Crippen molar-refractivity contribution in [3.8, 4) is 5.75 Å². The van der Waals surface area contributed by atoms with Crippen LogP contribution in [0.5, 0.6) is 5.75 Å². The minimum atomic E-state index is -4.85. The fourth-order valence-electron chi connectivity index (χ4n) is 3.15. The van der Waals surface area contributed by atoms with Gasteiger partial charge in [-0.3, -0.25) is 4.90 Å². The highest BCUT2D eigenvalue weighted by Crippen LogP contribution is 2.35. The molecule has 146 valence electrons. The van der Waals surface area contributed by atoms with Crippen LogP contribution in [0.25, 0.3) is 0 Å².